The van der Waals surface area contributed by atoms with Gasteiger partial charge >= 0.3 is 6.61 Å². The van der Waals surface area contributed by atoms with Gasteiger partial charge in [-0.3, -0.25) is 0 Å². The van der Waals surface area contributed by atoms with E-state index >= 15 is 0 Å². The fourth-order valence-electron chi connectivity index (χ4n) is 2.41. The van der Waals surface area contributed by atoms with Gasteiger partial charge in [-0.25, -0.2) is 9.98 Å². The molecule has 2 N–H and O–H groups in total. The Balaban J connectivity index is 0.00000392. The Hall–Kier alpha value is -2.11. The minimum atomic E-state index is -2.93. The third-order valence-electron chi connectivity index (χ3n) is 3.54. The van der Waals surface area contributed by atoms with Crippen LogP contribution in [0, 0.1) is 0 Å². The van der Waals surface area contributed by atoms with Crippen molar-refractivity contribution in [2.75, 3.05) is 19.7 Å². The molecule has 28 heavy (non-hydrogen) atoms. The van der Waals surface area contributed by atoms with E-state index in [-0.39, 0.29) is 42.0 Å². The van der Waals surface area contributed by atoms with Crippen LogP contribution in [0.15, 0.2) is 41.9 Å². The number of halogens is 3. The quantitative estimate of drug-likeness (QED) is 0.293. The molecular weight excluding hydrogens is 483 g/mol. The number of aromatic nitrogens is 2. The van der Waals surface area contributed by atoms with Gasteiger partial charge in [0.15, 0.2) is 17.5 Å². The number of hydrogen-bond acceptors (Lipinski definition) is 4. The van der Waals surface area contributed by atoms with Crippen LogP contribution in [0.5, 0.6) is 11.5 Å². The van der Waals surface area contributed by atoms with E-state index < -0.39 is 6.61 Å². The Bertz CT molecular complexity index is 714. The molecule has 1 aromatic carbocycles. The molecule has 7 nitrogen and oxygen atoms in total. The molecular formula is C18H26F2IN5O2. The summed E-state index contributed by atoms with van der Waals surface area (Å²) in [6.07, 6.45) is 5.33. The highest BCUT2D eigenvalue weighted by molar-refractivity contribution is 14.0. The average molecular weight is 509 g/mol. The van der Waals surface area contributed by atoms with Gasteiger partial charge in [0.05, 0.1) is 19.5 Å². The lowest BCUT2D eigenvalue weighted by Crippen LogP contribution is -2.38. The third-order valence-corrected chi connectivity index (χ3v) is 3.54. The van der Waals surface area contributed by atoms with Crippen LogP contribution in [0.2, 0.25) is 0 Å². The van der Waals surface area contributed by atoms with E-state index in [4.69, 9.17) is 4.74 Å². The molecule has 10 heteroatoms. The summed E-state index contributed by atoms with van der Waals surface area (Å²) in [6, 6.07) is 5.02. The van der Waals surface area contributed by atoms with Crippen molar-refractivity contribution >= 4 is 29.9 Å². The topological polar surface area (TPSA) is 72.7 Å². The van der Waals surface area contributed by atoms with Crippen molar-refractivity contribution in [3.8, 4) is 11.5 Å². The van der Waals surface area contributed by atoms with Crippen LogP contribution in [0.4, 0.5) is 8.78 Å². The molecule has 1 aromatic heterocycles. The fourth-order valence-corrected chi connectivity index (χ4v) is 2.41. The first-order valence-corrected chi connectivity index (χ1v) is 8.81. The van der Waals surface area contributed by atoms with Crippen LogP contribution >= 0.6 is 24.0 Å². The minimum absolute atomic E-state index is 0. The standard InChI is InChI=1S/C18H25F2N5O2.HI/c1-3-22-18(23-9-11-25-10-8-21-13-25)24-12-14-6-5-7-15(26-4-2)16(14)27-17(19)20;/h5-8,10,13,17H,3-4,9,11-12H2,1-2H3,(H2,22,23,24);1H. The van der Waals surface area contributed by atoms with Crippen LogP contribution in [-0.2, 0) is 13.1 Å². The summed E-state index contributed by atoms with van der Waals surface area (Å²) in [5.74, 6) is 0.887. The highest BCUT2D eigenvalue weighted by atomic mass is 127. The molecule has 2 aromatic rings. The monoisotopic (exact) mass is 509 g/mol. The Morgan fingerprint density at radius 3 is 2.75 bits per heavy atom. The minimum Gasteiger partial charge on any atom is -0.490 e. The summed E-state index contributed by atoms with van der Waals surface area (Å²) < 4.78 is 37.6. The Labute approximate surface area is 180 Å². The number of para-hydroxylation sites is 1. The molecule has 0 spiro atoms. The zero-order valence-corrected chi connectivity index (χ0v) is 18.2. The van der Waals surface area contributed by atoms with Crippen LogP contribution < -0.4 is 20.1 Å². The molecule has 1 heterocycles. The number of benzene rings is 1. The fraction of sp³-hybridized carbons (Fsp3) is 0.444. The third kappa shape index (κ3) is 7.87. The number of alkyl halides is 2. The molecule has 0 atom stereocenters. The van der Waals surface area contributed by atoms with E-state index in [1.54, 1.807) is 37.6 Å². The van der Waals surface area contributed by atoms with Gasteiger partial charge in [0.1, 0.15) is 0 Å². The van der Waals surface area contributed by atoms with Crippen LogP contribution in [0.25, 0.3) is 0 Å². The van der Waals surface area contributed by atoms with Crippen molar-refractivity contribution < 1.29 is 18.3 Å². The Morgan fingerprint density at radius 2 is 2.11 bits per heavy atom. The largest absolute Gasteiger partial charge is 0.490 e. The van der Waals surface area contributed by atoms with Gasteiger partial charge in [-0.1, -0.05) is 12.1 Å². The lowest BCUT2D eigenvalue weighted by Gasteiger charge is -2.15. The predicted molar refractivity (Wildman–Crippen MR) is 115 cm³/mol. The average Bonchev–Trinajstić information content (AvgIpc) is 3.15. The number of ether oxygens (including phenoxy) is 2. The van der Waals surface area contributed by atoms with E-state index in [0.29, 0.717) is 31.2 Å². The summed E-state index contributed by atoms with van der Waals surface area (Å²) in [6.45, 7) is 3.37. The van der Waals surface area contributed by atoms with Gasteiger partial charge < -0.3 is 24.7 Å². The number of rotatable bonds is 10. The van der Waals surface area contributed by atoms with E-state index in [0.717, 1.165) is 6.54 Å². The van der Waals surface area contributed by atoms with E-state index in [1.165, 1.54) is 0 Å². The maximum absolute atomic E-state index is 12.8. The molecule has 0 amide bonds. The summed E-state index contributed by atoms with van der Waals surface area (Å²) >= 11 is 0. The van der Waals surface area contributed by atoms with Crippen molar-refractivity contribution in [2.24, 2.45) is 4.99 Å². The number of nitrogens with zero attached hydrogens (tertiary/aromatic N) is 3. The van der Waals surface area contributed by atoms with Gasteiger partial charge in [0.25, 0.3) is 0 Å². The summed E-state index contributed by atoms with van der Waals surface area (Å²) in [5, 5.41) is 6.33. The molecule has 0 bridgehead atoms. The molecule has 0 saturated carbocycles. The van der Waals surface area contributed by atoms with Gasteiger partial charge in [-0.05, 0) is 19.9 Å². The normalized spacial score (nSPS) is 11.1. The summed E-state index contributed by atoms with van der Waals surface area (Å²) in [5.41, 5.74) is 0.521. The van der Waals surface area contributed by atoms with Crippen molar-refractivity contribution in [1.82, 2.24) is 20.2 Å². The van der Waals surface area contributed by atoms with Crippen LogP contribution in [-0.4, -0.2) is 41.8 Å². The van der Waals surface area contributed by atoms with Gasteiger partial charge in [-0.15, -0.1) is 24.0 Å². The molecule has 2 rings (SSSR count). The number of hydrogen-bond donors (Lipinski definition) is 2. The van der Waals surface area contributed by atoms with Gasteiger partial charge in [0.2, 0.25) is 0 Å². The van der Waals surface area contributed by atoms with Crippen molar-refractivity contribution in [3.63, 3.8) is 0 Å². The molecule has 0 aliphatic rings. The number of imidazole rings is 1. The van der Waals surface area contributed by atoms with E-state index in [1.807, 2.05) is 17.7 Å². The maximum atomic E-state index is 12.8. The van der Waals surface area contributed by atoms with Crippen molar-refractivity contribution in [1.29, 1.82) is 0 Å². The second kappa shape index (κ2) is 13.1. The smallest absolute Gasteiger partial charge is 0.387 e. The van der Waals surface area contributed by atoms with E-state index in [2.05, 4.69) is 25.3 Å². The maximum Gasteiger partial charge on any atom is 0.387 e. The first kappa shape index (κ1) is 23.9. The van der Waals surface area contributed by atoms with E-state index in [9.17, 15) is 8.78 Å². The zero-order valence-electron chi connectivity index (χ0n) is 15.9. The van der Waals surface area contributed by atoms with Gasteiger partial charge in [-0.2, -0.15) is 8.78 Å². The summed E-state index contributed by atoms with van der Waals surface area (Å²) in [4.78, 5) is 8.45. The van der Waals surface area contributed by atoms with Crippen molar-refractivity contribution in [3.05, 3.63) is 42.5 Å². The molecule has 0 radical (unpaired) electrons. The molecule has 0 unspecified atom stereocenters. The predicted octanol–water partition coefficient (Wildman–Crippen LogP) is 3.26. The molecule has 0 fully saturated rings. The first-order chi connectivity index (χ1) is 13.1. The van der Waals surface area contributed by atoms with Crippen LogP contribution in [0.3, 0.4) is 0 Å². The first-order valence-electron chi connectivity index (χ1n) is 8.81. The zero-order chi connectivity index (χ0) is 19.5. The number of nitrogens with one attached hydrogen (secondary N) is 2. The van der Waals surface area contributed by atoms with Crippen molar-refractivity contribution in [2.45, 2.75) is 33.5 Å². The van der Waals surface area contributed by atoms with Crippen LogP contribution in [0.1, 0.15) is 19.4 Å². The molecule has 0 aliphatic heterocycles. The SMILES string of the molecule is CCNC(=NCc1cccc(OCC)c1OC(F)F)NCCn1ccnc1.I. The lowest BCUT2D eigenvalue weighted by atomic mass is 10.2. The molecule has 156 valence electrons. The molecule has 0 aliphatic carbocycles. The lowest BCUT2D eigenvalue weighted by molar-refractivity contribution is -0.0520. The Kier molecular flexibility index (Phi) is 11.2. The number of guanidine groups is 1. The van der Waals surface area contributed by atoms with Gasteiger partial charge in [0, 0.05) is 37.6 Å². The highest BCUT2D eigenvalue weighted by Gasteiger charge is 2.15. The second-order valence-electron chi connectivity index (χ2n) is 5.48. The summed E-state index contributed by atoms with van der Waals surface area (Å²) in [7, 11) is 0. The number of aliphatic imine (C=N–C) groups is 1. The molecule has 0 saturated heterocycles. The Morgan fingerprint density at radius 1 is 1.29 bits per heavy atom. The highest BCUT2D eigenvalue weighted by Crippen LogP contribution is 2.33. The second-order valence-corrected chi connectivity index (χ2v) is 5.48.